The number of aryl methyl sites for hydroxylation is 1. The molecule has 2 N–H and O–H groups in total. The summed E-state index contributed by atoms with van der Waals surface area (Å²) in [5, 5.41) is 9.92. The molecule has 1 fully saturated rings. The molecule has 0 radical (unpaired) electrons. The minimum atomic E-state index is -3.54. The van der Waals surface area contributed by atoms with Gasteiger partial charge in [-0.05, 0) is 33.7 Å². The van der Waals surface area contributed by atoms with Gasteiger partial charge in [-0.2, -0.15) is 9.40 Å². The molecule has 1 aromatic heterocycles. The van der Waals surface area contributed by atoms with Crippen molar-refractivity contribution in [3.05, 3.63) is 11.3 Å². The van der Waals surface area contributed by atoms with E-state index in [4.69, 9.17) is 4.74 Å². The van der Waals surface area contributed by atoms with Crippen molar-refractivity contribution in [1.82, 2.24) is 19.8 Å². The van der Waals surface area contributed by atoms with E-state index in [9.17, 15) is 8.42 Å². The van der Waals surface area contributed by atoms with Gasteiger partial charge in [0, 0.05) is 37.5 Å². The third-order valence-corrected chi connectivity index (χ3v) is 5.65. The van der Waals surface area contributed by atoms with E-state index < -0.39 is 10.0 Å². The lowest BCUT2D eigenvalue weighted by Crippen LogP contribution is -2.41. The fourth-order valence-electron chi connectivity index (χ4n) is 2.63. The molecule has 21 heavy (non-hydrogen) atoms. The molecule has 120 valence electrons. The van der Waals surface area contributed by atoms with E-state index in [0.717, 1.165) is 18.5 Å². The molecule has 2 rings (SSSR count). The largest absolute Gasteiger partial charge is 0.378 e. The summed E-state index contributed by atoms with van der Waals surface area (Å²) in [7, 11) is -1.75. The molecule has 0 amide bonds. The first kappa shape index (κ1) is 16.4. The van der Waals surface area contributed by atoms with Crippen LogP contribution in [0.2, 0.25) is 0 Å². The summed E-state index contributed by atoms with van der Waals surface area (Å²) in [5.41, 5.74) is 1.50. The van der Waals surface area contributed by atoms with Gasteiger partial charge in [-0.1, -0.05) is 0 Å². The Labute approximate surface area is 126 Å². The molecule has 0 bridgehead atoms. The second-order valence-electron chi connectivity index (χ2n) is 5.22. The third kappa shape index (κ3) is 3.45. The van der Waals surface area contributed by atoms with Crippen LogP contribution in [0.1, 0.15) is 31.0 Å². The summed E-state index contributed by atoms with van der Waals surface area (Å²) >= 11 is 0. The van der Waals surface area contributed by atoms with E-state index in [1.807, 2.05) is 13.8 Å². The molecule has 0 aromatic carbocycles. The normalized spacial score (nSPS) is 18.2. The van der Waals surface area contributed by atoms with Gasteiger partial charge in [0.25, 0.3) is 10.0 Å². The summed E-state index contributed by atoms with van der Waals surface area (Å²) in [6, 6.07) is 0. The molecule has 0 aliphatic carbocycles. The number of nitrogens with one attached hydrogen (secondary N) is 2. The van der Waals surface area contributed by atoms with E-state index in [1.165, 1.54) is 4.31 Å². The van der Waals surface area contributed by atoms with Gasteiger partial charge in [0.15, 0.2) is 5.03 Å². The van der Waals surface area contributed by atoms with E-state index >= 15 is 0 Å². The molecule has 1 saturated heterocycles. The Morgan fingerprint density at radius 2 is 2.10 bits per heavy atom. The number of hydrogen-bond donors (Lipinski definition) is 2. The standard InChI is InChI=1S/C13H24N4O3S/c1-4-20-11-5-7-17(8-6-11)21(18,19)13-12(9-14-3)10(2)15-16-13/h11,14H,4-9H2,1-3H3,(H,15,16). The monoisotopic (exact) mass is 316 g/mol. The lowest BCUT2D eigenvalue weighted by molar-refractivity contribution is 0.0289. The van der Waals surface area contributed by atoms with Crippen LogP contribution < -0.4 is 5.32 Å². The van der Waals surface area contributed by atoms with Gasteiger partial charge in [-0.3, -0.25) is 5.10 Å². The highest BCUT2D eigenvalue weighted by Crippen LogP contribution is 2.24. The second-order valence-corrected chi connectivity index (χ2v) is 7.07. The summed E-state index contributed by atoms with van der Waals surface area (Å²) in [4.78, 5) is 0. The van der Waals surface area contributed by atoms with Gasteiger partial charge < -0.3 is 10.1 Å². The van der Waals surface area contributed by atoms with E-state index in [0.29, 0.717) is 31.8 Å². The summed E-state index contributed by atoms with van der Waals surface area (Å²) in [6.45, 7) is 5.91. The van der Waals surface area contributed by atoms with Crippen molar-refractivity contribution in [3.8, 4) is 0 Å². The number of rotatable bonds is 6. The molecule has 0 saturated carbocycles. The van der Waals surface area contributed by atoms with Gasteiger partial charge in [0.05, 0.1) is 6.10 Å². The van der Waals surface area contributed by atoms with Crippen LogP contribution in [0.25, 0.3) is 0 Å². The number of ether oxygens (including phenoxy) is 1. The number of sulfonamides is 1. The number of hydrogen-bond acceptors (Lipinski definition) is 5. The van der Waals surface area contributed by atoms with Crippen molar-refractivity contribution in [1.29, 1.82) is 0 Å². The molecule has 1 aliphatic rings. The highest BCUT2D eigenvalue weighted by molar-refractivity contribution is 7.89. The Kier molecular flexibility index (Phi) is 5.37. The van der Waals surface area contributed by atoms with Crippen LogP contribution in [-0.2, 0) is 21.3 Å². The van der Waals surface area contributed by atoms with Crippen molar-refractivity contribution in [2.75, 3.05) is 26.7 Å². The van der Waals surface area contributed by atoms with Crippen LogP contribution in [0.15, 0.2) is 5.03 Å². The molecular formula is C13H24N4O3S. The fraction of sp³-hybridized carbons (Fsp3) is 0.769. The molecule has 1 aromatic rings. The first-order valence-corrected chi connectivity index (χ1v) is 8.74. The average Bonchev–Trinajstić information content (AvgIpc) is 2.82. The first-order chi connectivity index (χ1) is 10.0. The molecule has 0 spiro atoms. The summed E-state index contributed by atoms with van der Waals surface area (Å²) in [5.74, 6) is 0. The smallest absolute Gasteiger partial charge is 0.262 e. The zero-order valence-electron chi connectivity index (χ0n) is 12.8. The van der Waals surface area contributed by atoms with Gasteiger partial charge in [0.1, 0.15) is 0 Å². The second kappa shape index (κ2) is 6.87. The van der Waals surface area contributed by atoms with Crippen LogP contribution in [0, 0.1) is 6.92 Å². The van der Waals surface area contributed by atoms with Crippen molar-refractivity contribution in [2.45, 2.75) is 44.4 Å². The fourth-order valence-corrected chi connectivity index (χ4v) is 4.26. The lowest BCUT2D eigenvalue weighted by atomic mass is 10.1. The van der Waals surface area contributed by atoms with Crippen LogP contribution in [0.4, 0.5) is 0 Å². The Morgan fingerprint density at radius 3 is 2.67 bits per heavy atom. The SMILES string of the molecule is CCOC1CCN(S(=O)(=O)c2n[nH]c(C)c2CNC)CC1. The first-order valence-electron chi connectivity index (χ1n) is 7.30. The Hall–Kier alpha value is -0.960. The van der Waals surface area contributed by atoms with Crippen LogP contribution in [-0.4, -0.2) is 55.8 Å². The number of nitrogens with zero attached hydrogens (tertiary/aromatic N) is 2. The average molecular weight is 316 g/mol. The van der Waals surface area contributed by atoms with E-state index in [-0.39, 0.29) is 11.1 Å². The molecule has 0 atom stereocenters. The predicted octanol–water partition coefficient (Wildman–Crippen LogP) is 0.627. The minimum absolute atomic E-state index is 0.143. The van der Waals surface area contributed by atoms with Crippen LogP contribution >= 0.6 is 0 Å². The van der Waals surface area contributed by atoms with Gasteiger partial charge in [-0.25, -0.2) is 8.42 Å². The summed E-state index contributed by atoms with van der Waals surface area (Å²) < 4.78 is 32.5. The van der Waals surface area contributed by atoms with Gasteiger partial charge in [-0.15, -0.1) is 0 Å². The Bertz CT molecular complexity index is 562. The Balaban J connectivity index is 2.16. The zero-order valence-corrected chi connectivity index (χ0v) is 13.7. The number of aromatic amines is 1. The quantitative estimate of drug-likeness (QED) is 0.803. The summed E-state index contributed by atoms with van der Waals surface area (Å²) in [6.07, 6.45) is 1.63. The molecular weight excluding hydrogens is 292 g/mol. The maximum absolute atomic E-state index is 12.7. The van der Waals surface area contributed by atoms with Gasteiger partial charge >= 0.3 is 0 Å². The van der Waals surface area contributed by atoms with Crippen molar-refractivity contribution < 1.29 is 13.2 Å². The number of aromatic nitrogens is 2. The number of H-pyrrole nitrogens is 1. The van der Waals surface area contributed by atoms with Gasteiger partial charge in [0.2, 0.25) is 0 Å². The van der Waals surface area contributed by atoms with Crippen LogP contribution in [0.5, 0.6) is 0 Å². The highest BCUT2D eigenvalue weighted by atomic mass is 32.2. The minimum Gasteiger partial charge on any atom is -0.378 e. The van der Waals surface area contributed by atoms with E-state index in [2.05, 4.69) is 15.5 Å². The van der Waals surface area contributed by atoms with Crippen molar-refractivity contribution >= 4 is 10.0 Å². The molecule has 8 heteroatoms. The number of piperidine rings is 1. The highest BCUT2D eigenvalue weighted by Gasteiger charge is 2.33. The maximum atomic E-state index is 12.7. The lowest BCUT2D eigenvalue weighted by Gasteiger charge is -2.30. The molecule has 1 aliphatic heterocycles. The van der Waals surface area contributed by atoms with E-state index in [1.54, 1.807) is 7.05 Å². The third-order valence-electron chi connectivity index (χ3n) is 3.78. The van der Waals surface area contributed by atoms with Crippen molar-refractivity contribution in [3.63, 3.8) is 0 Å². The molecule has 7 nitrogen and oxygen atoms in total. The maximum Gasteiger partial charge on any atom is 0.262 e. The van der Waals surface area contributed by atoms with Crippen molar-refractivity contribution in [2.24, 2.45) is 0 Å². The Morgan fingerprint density at radius 1 is 1.43 bits per heavy atom. The predicted molar refractivity (Wildman–Crippen MR) is 79.5 cm³/mol. The van der Waals surface area contributed by atoms with Crippen LogP contribution in [0.3, 0.4) is 0 Å². The molecule has 2 heterocycles. The zero-order chi connectivity index (χ0) is 15.5. The molecule has 0 unspecified atom stereocenters. The topological polar surface area (TPSA) is 87.3 Å².